The third-order valence-corrected chi connectivity index (χ3v) is 3.67. The molecule has 0 aromatic rings. The lowest BCUT2D eigenvalue weighted by molar-refractivity contribution is -0.143. The first-order valence-corrected chi connectivity index (χ1v) is 6.60. The number of amides is 1. The van der Waals surface area contributed by atoms with Gasteiger partial charge in [0.2, 0.25) is 5.91 Å². The number of aliphatic carboxylic acids is 1. The highest BCUT2D eigenvalue weighted by atomic mass is 16.4. The first-order chi connectivity index (χ1) is 8.34. The minimum absolute atomic E-state index is 0.0237. The summed E-state index contributed by atoms with van der Waals surface area (Å²) in [6.07, 6.45) is 2.17. The molecule has 0 spiro atoms. The van der Waals surface area contributed by atoms with E-state index < -0.39 is 5.97 Å². The Kier molecular flexibility index (Phi) is 5.14. The Morgan fingerprint density at radius 1 is 1.33 bits per heavy atom. The summed E-state index contributed by atoms with van der Waals surface area (Å²) in [5, 5.41) is 11.9. The van der Waals surface area contributed by atoms with Crippen LogP contribution in [0.1, 0.15) is 40.0 Å². The van der Waals surface area contributed by atoms with E-state index in [-0.39, 0.29) is 17.4 Å². The van der Waals surface area contributed by atoms with Crippen LogP contribution in [0.4, 0.5) is 0 Å². The molecule has 0 unspecified atom stereocenters. The number of carbonyl (C=O) groups excluding carboxylic acids is 1. The molecule has 0 aromatic carbocycles. The highest BCUT2D eigenvalue weighted by Gasteiger charge is 2.26. The number of carboxylic acids is 1. The van der Waals surface area contributed by atoms with Crippen LogP contribution in [0.25, 0.3) is 0 Å². The lowest BCUT2D eigenvalue weighted by atomic mass is 9.97. The van der Waals surface area contributed by atoms with Crippen LogP contribution < -0.4 is 5.32 Å². The van der Waals surface area contributed by atoms with E-state index in [0.717, 1.165) is 6.42 Å². The van der Waals surface area contributed by atoms with E-state index in [1.54, 1.807) is 0 Å². The van der Waals surface area contributed by atoms with E-state index in [1.165, 1.54) is 0 Å². The minimum Gasteiger partial charge on any atom is -0.481 e. The first kappa shape index (κ1) is 15.0. The average Bonchev–Trinajstić information content (AvgIpc) is 2.29. The lowest BCUT2D eigenvalue weighted by Crippen LogP contribution is -2.49. The van der Waals surface area contributed by atoms with Crippen molar-refractivity contribution in [3.8, 4) is 0 Å². The number of hydrogen-bond donors (Lipinski definition) is 2. The molecule has 0 aromatic heterocycles. The third kappa shape index (κ3) is 4.64. The molecule has 1 amide bonds. The van der Waals surface area contributed by atoms with Gasteiger partial charge in [0, 0.05) is 5.54 Å². The quantitative estimate of drug-likeness (QED) is 0.772. The maximum absolute atomic E-state index is 11.8. The molecule has 1 rings (SSSR count). The number of hydrogen-bond acceptors (Lipinski definition) is 3. The first-order valence-electron chi connectivity index (χ1n) is 6.60. The summed E-state index contributed by atoms with van der Waals surface area (Å²) < 4.78 is 0. The predicted octanol–water partition coefficient (Wildman–Crippen LogP) is 1.09. The largest absolute Gasteiger partial charge is 0.481 e. The summed E-state index contributed by atoms with van der Waals surface area (Å²) in [5.74, 6) is -0.932. The topological polar surface area (TPSA) is 69.6 Å². The van der Waals surface area contributed by atoms with Crippen molar-refractivity contribution in [3.05, 3.63) is 0 Å². The smallest absolute Gasteiger partial charge is 0.306 e. The number of piperidine rings is 1. The Morgan fingerprint density at radius 3 is 2.33 bits per heavy atom. The summed E-state index contributed by atoms with van der Waals surface area (Å²) in [6, 6.07) is 0. The zero-order valence-electron chi connectivity index (χ0n) is 11.5. The number of nitrogens with zero attached hydrogens (tertiary/aromatic N) is 1. The lowest BCUT2D eigenvalue weighted by Gasteiger charge is -2.31. The molecular weight excluding hydrogens is 232 g/mol. The highest BCUT2D eigenvalue weighted by Crippen LogP contribution is 2.17. The molecule has 5 nitrogen and oxygen atoms in total. The van der Waals surface area contributed by atoms with Gasteiger partial charge >= 0.3 is 5.97 Å². The van der Waals surface area contributed by atoms with Crippen LogP contribution >= 0.6 is 0 Å². The van der Waals surface area contributed by atoms with Gasteiger partial charge in [-0.05, 0) is 46.2 Å². The van der Waals surface area contributed by atoms with Gasteiger partial charge < -0.3 is 10.4 Å². The van der Waals surface area contributed by atoms with Crippen LogP contribution in [-0.4, -0.2) is 47.1 Å². The fourth-order valence-electron chi connectivity index (χ4n) is 2.05. The van der Waals surface area contributed by atoms with Gasteiger partial charge in [-0.3, -0.25) is 14.5 Å². The highest BCUT2D eigenvalue weighted by molar-refractivity contribution is 5.78. The molecule has 0 atom stereocenters. The van der Waals surface area contributed by atoms with Crippen LogP contribution in [0.15, 0.2) is 0 Å². The second-order valence-electron chi connectivity index (χ2n) is 5.67. The molecule has 0 aliphatic carbocycles. The van der Waals surface area contributed by atoms with Gasteiger partial charge in [-0.25, -0.2) is 0 Å². The molecule has 1 fully saturated rings. The van der Waals surface area contributed by atoms with Gasteiger partial charge in [-0.1, -0.05) is 6.92 Å². The van der Waals surface area contributed by atoms with Crippen LogP contribution in [0.3, 0.4) is 0 Å². The van der Waals surface area contributed by atoms with Gasteiger partial charge in [-0.15, -0.1) is 0 Å². The van der Waals surface area contributed by atoms with Crippen LogP contribution in [0.2, 0.25) is 0 Å². The molecule has 2 N–H and O–H groups in total. The molecule has 0 saturated carbocycles. The third-order valence-electron chi connectivity index (χ3n) is 3.67. The molecule has 1 saturated heterocycles. The van der Waals surface area contributed by atoms with E-state index in [2.05, 4.69) is 5.32 Å². The van der Waals surface area contributed by atoms with Crippen molar-refractivity contribution in [2.45, 2.75) is 45.6 Å². The number of rotatable bonds is 5. The molecule has 1 aliphatic rings. The van der Waals surface area contributed by atoms with Crippen molar-refractivity contribution in [1.29, 1.82) is 0 Å². The van der Waals surface area contributed by atoms with Crippen LogP contribution in [0, 0.1) is 5.92 Å². The number of nitrogens with one attached hydrogen (secondary N) is 1. The van der Waals surface area contributed by atoms with Gasteiger partial charge in [0.15, 0.2) is 0 Å². The maximum atomic E-state index is 11.8. The Hall–Kier alpha value is -1.10. The van der Waals surface area contributed by atoms with Gasteiger partial charge in [-0.2, -0.15) is 0 Å². The van der Waals surface area contributed by atoms with Crippen molar-refractivity contribution in [2.75, 3.05) is 19.6 Å². The van der Waals surface area contributed by atoms with Crippen molar-refractivity contribution in [2.24, 2.45) is 5.92 Å². The van der Waals surface area contributed by atoms with Gasteiger partial charge in [0.1, 0.15) is 0 Å². The van der Waals surface area contributed by atoms with Gasteiger partial charge in [0.25, 0.3) is 0 Å². The van der Waals surface area contributed by atoms with Gasteiger partial charge in [0.05, 0.1) is 12.5 Å². The second-order valence-corrected chi connectivity index (χ2v) is 5.67. The molecule has 0 radical (unpaired) electrons. The summed E-state index contributed by atoms with van der Waals surface area (Å²) >= 11 is 0. The van der Waals surface area contributed by atoms with E-state index in [4.69, 9.17) is 5.11 Å². The molecule has 0 bridgehead atoms. The SMILES string of the molecule is CCC(C)(C)NC(=O)CN1CCC(C(=O)O)CC1. The fourth-order valence-corrected chi connectivity index (χ4v) is 2.05. The van der Waals surface area contributed by atoms with E-state index in [1.807, 2.05) is 25.7 Å². The monoisotopic (exact) mass is 256 g/mol. The molecule has 18 heavy (non-hydrogen) atoms. The Balaban J connectivity index is 2.33. The van der Waals surface area contributed by atoms with Crippen molar-refractivity contribution >= 4 is 11.9 Å². The minimum atomic E-state index is -0.716. The van der Waals surface area contributed by atoms with Crippen molar-refractivity contribution in [3.63, 3.8) is 0 Å². The molecular formula is C13H24N2O3. The molecule has 1 aliphatic heterocycles. The van der Waals surface area contributed by atoms with E-state index in [9.17, 15) is 9.59 Å². The standard InChI is InChI=1S/C13H24N2O3/c1-4-13(2,3)14-11(16)9-15-7-5-10(6-8-15)12(17)18/h10H,4-9H2,1-3H3,(H,14,16)(H,17,18). The summed E-state index contributed by atoms with van der Waals surface area (Å²) in [6.45, 7) is 7.80. The van der Waals surface area contributed by atoms with E-state index in [0.29, 0.717) is 32.5 Å². The van der Waals surface area contributed by atoms with Crippen molar-refractivity contribution < 1.29 is 14.7 Å². The number of carbonyl (C=O) groups is 2. The van der Waals surface area contributed by atoms with Crippen LogP contribution in [0.5, 0.6) is 0 Å². The maximum Gasteiger partial charge on any atom is 0.306 e. The van der Waals surface area contributed by atoms with Crippen LogP contribution in [-0.2, 0) is 9.59 Å². The molecule has 1 heterocycles. The summed E-state index contributed by atoms with van der Waals surface area (Å²) in [4.78, 5) is 24.7. The predicted molar refractivity (Wildman–Crippen MR) is 69.3 cm³/mol. The Labute approximate surface area is 109 Å². The summed E-state index contributed by atoms with van der Waals surface area (Å²) in [5.41, 5.74) is -0.170. The number of carboxylic acid groups (broad SMARTS) is 1. The summed E-state index contributed by atoms with van der Waals surface area (Å²) in [7, 11) is 0. The second kappa shape index (κ2) is 6.18. The Bertz CT molecular complexity index is 307. The fraction of sp³-hybridized carbons (Fsp3) is 0.846. The normalized spacial score (nSPS) is 18.6. The van der Waals surface area contributed by atoms with E-state index >= 15 is 0 Å². The average molecular weight is 256 g/mol. The Morgan fingerprint density at radius 2 is 1.89 bits per heavy atom. The number of likely N-dealkylation sites (tertiary alicyclic amines) is 1. The molecule has 5 heteroatoms. The zero-order chi connectivity index (χ0) is 13.8. The van der Waals surface area contributed by atoms with Crippen molar-refractivity contribution in [1.82, 2.24) is 10.2 Å². The molecule has 104 valence electrons. The zero-order valence-corrected chi connectivity index (χ0v) is 11.5.